The van der Waals surface area contributed by atoms with E-state index in [0.29, 0.717) is 10.0 Å². The van der Waals surface area contributed by atoms with Gasteiger partial charge in [0.2, 0.25) is 5.43 Å². The number of hydrogen-bond acceptors (Lipinski definition) is 5. The second-order valence-electron chi connectivity index (χ2n) is 6.11. The van der Waals surface area contributed by atoms with Gasteiger partial charge in [-0.2, -0.15) is 0 Å². The second kappa shape index (κ2) is 6.68. The van der Waals surface area contributed by atoms with E-state index in [4.69, 9.17) is 11.6 Å². The van der Waals surface area contributed by atoms with Crippen molar-refractivity contribution in [2.45, 2.75) is 13.5 Å². The average molecular weight is 400 g/mol. The highest BCUT2D eigenvalue weighted by molar-refractivity contribution is 7.14. The Labute approximate surface area is 162 Å². The molecule has 0 aliphatic rings. The second-order valence-corrected chi connectivity index (χ2v) is 7.78. The molecule has 4 aromatic rings. The highest BCUT2D eigenvalue weighted by Gasteiger charge is 2.17. The molecule has 0 radical (unpaired) electrons. The van der Waals surface area contributed by atoms with E-state index >= 15 is 0 Å². The van der Waals surface area contributed by atoms with Gasteiger partial charge in [0, 0.05) is 34.7 Å². The van der Waals surface area contributed by atoms with Crippen LogP contribution in [0.5, 0.6) is 5.75 Å². The lowest BCUT2D eigenvalue weighted by Crippen LogP contribution is -2.24. The van der Waals surface area contributed by atoms with Crippen molar-refractivity contribution in [1.82, 2.24) is 14.0 Å². The molecule has 0 aliphatic carbocycles. The number of aromatic hydroxyl groups is 1. The molecule has 0 amide bonds. The molecule has 0 fully saturated rings. The summed E-state index contributed by atoms with van der Waals surface area (Å²) in [5, 5.41) is 11.5. The minimum atomic E-state index is -0.609. The van der Waals surface area contributed by atoms with Crippen LogP contribution >= 0.6 is 22.9 Å². The van der Waals surface area contributed by atoms with Crippen molar-refractivity contribution in [2.75, 3.05) is 0 Å². The molecule has 0 aliphatic heterocycles. The Hall–Kier alpha value is -2.90. The highest BCUT2D eigenvalue weighted by atomic mass is 35.5. The molecule has 3 aromatic heterocycles. The molecule has 1 N–H and O–H groups in total. The molecule has 0 atom stereocenters. The predicted octanol–water partition coefficient (Wildman–Crippen LogP) is 3.30. The van der Waals surface area contributed by atoms with E-state index < -0.39 is 16.7 Å². The summed E-state index contributed by atoms with van der Waals surface area (Å²) in [4.78, 5) is 30.6. The summed E-state index contributed by atoms with van der Waals surface area (Å²) in [6.45, 7) is 2.16. The lowest BCUT2D eigenvalue weighted by molar-refractivity contribution is 0.472. The third-order valence-corrected chi connectivity index (χ3v) is 5.36. The van der Waals surface area contributed by atoms with E-state index in [-0.39, 0.29) is 17.6 Å². The summed E-state index contributed by atoms with van der Waals surface area (Å²) < 4.78 is 2.88. The molecule has 3 heterocycles. The molecular formula is C19H14ClN3O3S. The number of pyridine rings is 1. The Morgan fingerprint density at radius 2 is 2.07 bits per heavy atom. The number of halogens is 1. The van der Waals surface area contributed by atoms with Crippen LogP contribution in [0.25, 0.3) is 16.1 Å². The molecule has 8 heteroatoms. The van der Waals surface area contributed by atoms with E-state index in [2.05, 4.69) is 4.98 Å². The van der Waals surface area contributed by atoms with Gasteiger partial charge in [-0.1, -0.05) is 23.7 Å². The van der Waals surface area contributed by atoms with Gasteiger partial charge in [0.25, 0.3) is 5.56 Å². The minimum Gasteiger partial charge on any atom is -0.503 e. The van der Waals surface area contributed by atoms with Crippen LogP contribution < -0.4 is 11.0 Å². The van der Waals surface area contributed by atoms with Crippen molar-refractivity contribution in [3.8, 4) is 16.3 Å². The molecule has 1 aromatic carbocycles. The zero-order chi connectivity index (χ0) is 19.1. The van der Waals surface area contributed by atoms with Crippen molar-refractivity contribution in [3.63, 3.8) is 0 Å². The summed E-state index contributed by atoms with van der Waals surface area (Å²) in [5.74, 6) is -0.578. The maximum absolute atomic E-state index is 12.8. The van der Waals surface area contributed by atoms with Crippen LogP contribution in [0.3, 0.4) is 0 Å². The van der Waals surface area contributed by atoms with Gasteiger partial charge in [0.05, 0.1) is 12.1 Å². The summed E-state index contributed by atoms with van der Waals surface area (Å²) in [6, 6.07) is 7.16. The quantitative estimate of drug-likeness (QED) is 0.573. The molecule has 136 valence electrons. The molecule has 0 unspecified atom stereocenters. The molecular weight excluding hydrogens is 386 g/mol. The van der Waals surface area contributed by atoms with E-state index in [1.54, 1.807) is 36.8 Å². The Morgan fingerprint density at radius 3 is 2.78 bits per heavy atom. The largest absolute Gasteiger partial charge is 0.503 e. The summed E-state index contributed by atoms with van der Waals surface area (Å²) in [6.07, 6.45) is 6.43. The van der Waals surface area contributed by atoms with Gasteiger partial charge in [0.15, 0.2) is 11.3 Å². The smallest absolute Gasteiger partial charge is 0.279 e. The molecule has 0 saturated carbocycles. The van der Waals surface area contributed by atoms with Crippen LogP contribution in [0.4, 0.5) is 0 Å². The van der Waals surface area contributed by atoms with Crippen LogP contribution in [-0.4, -0.2) is 19.1 Å². The number of aromatic nitrogens is 3. The normalized spacial score (nSPS) is 11.2. The number of fused-ring (bicyclic) bond motifs is 1. The van der Waals surface area contributed by atoms with Crippen LogP contribution in [0.2, 0.25) is 5.02 Å². The SMILES string of the molecule is Cc1cnc(-c2cn3ccn(Cc4cccc(Cl)c4)c(=O)c3c(O)c2=O)s1. The van der Waals surface area contributed by atoms with Crippen LogP contribution in [0, 0.1) is 6.92 Å². The topological polar surface area (TPSA) is 76.6 Å². The van der Waals surface area contributed by atoms with E-state index in [1.807, 2.05) is 13.0 Å². The summed E-state index contributed by atoms with van der Waals surface area (Å²) in [7, 11) is 0. The summed E-state index contributed by atoms with van der Waals surface area (Å²) >= 11 is 7.34. The van der Waals surface area contributed by atoms with E-state index in [0.717, 1.165) is 10.4 Å². The molecule has 27 heavy (non-hydrogen) atoms. The first-order valence-electron chi connectivity index (χ1n) is 8.08. The monoisotopic (exact) mass is 399 g/mol. The first-order chi connectivity index (χ1) is 12.9. The van der Waals surface area contributed by atoms with Gasteiger partial charge in [-0.15, -0.1) is 11.3 Å². The van der Waals surface area contributed by atoms with Crippen molar-refractivity contribution in [1.29, 1.82) is 0 Å². The fraction of sp³-hybridized carbons (Fsp3) is 0.105. The Kier molecular flexibility index (Phi) is 4.33. The lowest BCUT2D eigenvalue weighted by Gasteiger charge is -2.10. The fourth-order valence-electron chi connectivity index (χ4n) is 2.89. The van der Waals surface area contributed by atoms with E-state index in [9.17, 15) is 14.7 Å². The third kappa shape index (κ3) is 3.15. The molecule has 0 bridgehead atoms. The Bertz CT molecular complexity index is 1290. The molecule has 0 saturated heterocycles. The number of hydrogen-bond donors (Lipinski definition) is 1. The standard InChI is InChI=1S/C19H14ClN3O3S/c1-11-8-21-18(27-11)14-10-22-5-6-23(9-12-3-2-4-13(20)7-12)19(26)15(22)17(25)16(14)24/h2-8,10,25H,9H2,1H3. The van der Waals surface area contributed by atoms with Gasteiger partial charge < -0.3 is 14.1 Å². The van der Waals surface area contributed by atoms with Crippen molar-refractivity contribution >= 4 is 28.5 Å². The van der Waals surface area contributed by atoms with Crippen molar-refractivity contribution in [3.05, 3.63) is 85.1 Å². The van der Waals surface area contributed by atoms with Gasteiger partial charge in [0.1, 0.15) is 5.01 Å². The molecule has 4 rings (SSSR count). The van der Waals surface area contributed by atoms with Gasteiger partial charge in [-0.3, -0.25) is 9.59 Å². The first-order valence-corrected chi connectivity index (χ1v) is 9.28. The minimum absolute atomic E-state index is 0.0680. The van der Waals surface area contributed by atoms with Gasteiger partial charge in [-0.25, -0.2) is 4.98 Å². The van der Waals surface area contributed by atoms with E-state index in [1.165, 1.54) is 26.5 Å². The predicted molar refractivity (Wildman–Crippen MR) is 106 cm³/mol. The van der Waals surface area contributed by atoms with Gasteiger partial charge >= 0.3 is 0 Å². The molecule has 6 nitrogen and oxygen atoms in total. The maximum Gasteiger partial charge on any atom is 0.279 e. The fourth-order valence-corrected chi connectivity index (χ4v) is 3.88. The lowest BCUT2D eigenvalue weighted by atomic mass is 10.2. The zero-order valence-corrected chi connectivity index (χ0v) is 15.8. The first kappa shape index (κ1) is 17.5. The number of thiazole rings is 1. The van der Waals surface area contributed by atoms with Gasteiger partial charge in [-0.05, 0) is 24.6 Å². The Balaban J connectivity index is 1.87. The average Bonchev–Trinajstić information content (AvgIpc) is 3.06. The van der Waals surface area contributed by atoms with Crippen molar-refractivity contribution in [2.24, 2.45) is 0 Å². The summed E-state index contributed by atoms with van der Waals surface area (Å²) in [5.41, 5.74) is -0.0433. The maximum atomic E-state index is 12.8. The third-order valence-electron chi connectivity index (χ3n) is 4.17. The van der Waals surface area contributed by atoms with Crippen LogP contribution in [0.15, 0.2) is 58.6 Å². The number of aryl methyl sites for hydroxylation is 1. The number of rotatable bonds is 3. The van der Waals surface area contributed by atoms with Crippen LogP contribution in [-0.2, 0) is 6.54 Å². The van der Waals surface area contributed by atoms with Crippen LogP contribution in [0.1, 0.15) is 10.4 Å². The zero-order valence-electron chi connectivity index (χ0n) is 14.2. The highest BCUT2D eigenvalue weighted by Crippen LogP contribution is 2.24. The number of nitrogens with zero attached hydrogens (tertiary/aromatic N) is 3. The number of benzene rings is 1. The van der Waals surface area contributed by atoms with Crippen molar-refractivity contribution < 1.29 is 5.11 Å². The molecule has 0 spiro atoms. The Morgan fingerprint density at radius 1 is 1.26 bits per heavy atom.